The lowest BCUT2D eigenvalue weighted by atomic mass is 9.97. The number of fused-ring (bicyclic) bond motifs is 1. The van der Waals surface area contributed by atoms with Gasteiger partial charge in [0, 0.05) is 23.1 Å². The Hall–Kier alpha value is -1.19. The molecule has 1 saturated heterocycles. The van der Waals surface area contributed by atoms with Crippen molar-refractivity contribution in [1.29, 1.82) is 0 Å². The summed E-state index contributed by atoms with van der Waals surface area (Å²) in [7, 11) is 1.71. The fourth-order valence-electron chi connectivity index (χ4n) is 2.65. The van der Waals surface area contributed by atoms with Gasteiger partial charge in [0.2, 0.25) is 0 Å². The van der Waals surface area contributed by atoms with Crippen molar-refractivity contribution in [2.75, 3.05) is 13.7 Å². The van der Waals surface area contributed by atoms with Crippen LogP contribution < -0.4 is 10.1 Å². The SMILES string of the molecule is COc1ccc2[nH]cc([C@H]3CCCCN3)c2c1.Cl. The molecule has 0 spiro atoms. The van der Waals surface area contributed by atoms with Crippen molar-refractivity contribution in [3.8, 4) is 5.75 Å². The molecule has 0 saturated carbocycles. The molecule has 98 valence electrons. The summed E-state index contributed by atoms with van der Waals surface area (Å²) in [4.78, 5) is 3.34. The van der Waals surface area contributed by atoms with Gasteiger partial charge in [-0.3, -0.25) is 0 Å². The van der Waals surface area contributed by atoms with Crippen LogP contribution in [-0.4, -0.2) is 18.6 Å². The molecule has 1 fully saturated rings. The number of H-pyrrole nitrogens is 1. The number of hydrogen-bond acceptors (Lipinski definition) is 2. The fraction of sp³-hybridized carbons (Fsp3) is 0.429. The minimum atomic E-state index is 0. The molecule has 3 rings (SSSR count). The Labute approximate surface area is 113 Å². The van der Waals surface area contributed by atoms with Crippen molar-refractivity contribution in [3.63, 3.8) is 0 Å². The van der Waals surface area contributed by atoms with Gasteiger partial charge in [0.05, 0.1) is 7.11 Å². The first-order chi connectivity index (χ1) is 8.38. The molecule has 18 heavy (non-hydrogen) atoms. The van der Waals surface area contributed by atoms with Crippen LogP contribution >= 0.6 is 12.4 Å². The van der Waals surface area contributed by atoms with Crippen LogP contribution in [-0.2, 0) is 0 Å². The lowest BCUT2D eigenvalue weighted by molar-refractivity contribution is 0.412. The van der Waals surface area contributed by atoms with E-state index in [9.17, 15) is 0 Å². The smallest absolute Gasteiger partial charge is 0.119 e. The molecule has 0 unspecified atom stereocenters. The summed E-state index contributed by atoms with van der Waals surface area (Å²) in [5.74, 6) is 0.925. The minimum absolute atomic E-state index is 0. The van der Waals surface area contributed by atoms with Gasteiger partial charge < -0.3 is 15.0 Å². The molecule has 0 radical (unpaired) electrons. The van der Waals surface area contributed by atoms with E-state index in [4.69, 9.17) is 4.74 Å². The highest BCUT2D eigenvalue weighted by molar-refractivity contribution is 5.85. The van der Waals surface area contributed by atoms with Crippen LogP contribution in [0.1, 0.15) is 30.9 Å². The Kier molecular flexibility index (Phi) is 4.15. The number of nitrogens with one attached hydrogen (secondary N) is 2. The number of rotatable bonds is 2. The standard InChI is InChI=1S/C14H18N2O.ClH/c1-17-10-5-6-14-11(8-10)12(9-16-14)13-4-2-3-7-15-13;/h5-6,8-9,13,15-16H,2-4,7H2,1H3;1H/t13-;/m1./s1. The highest BCUT2D eigenvalue weighted by Crippen LogP contribution is 2.31. The van der Waals surface area contributed by atoms with Gasteiger partial charge in [-0.15, -0.1) is 12.4 Å². The number of hydrogen-bond donors (Lipinski definition) is 2. The number of piperidine rings is 1. The average Bonchev–Trinajstić information content (AvgIpc) is 2.82. The number of halogens is 1. The zero-order valence-corrected chi connectivity index (χ0v) is 11.3. The molecule has 0 amide bonds. The molecule has 0 aliphatic carbocycles. The van der Waals surface area contributed by atoms with Crippen molar-refractivity contribution in [2.45, 2.75) is 25.3 Å². The van der Waals surface area contributed by atoms with Crippen LogP contribution in [0.5, 0.6) is 5.75 Å². The Balaban J connectivity index is 0.00000120. The van der Waals surface area contributed by atoms with Gasteiger partial charge in [0.25, 0.3) is 0 Å². The van der Waals surface area contributed by atoms with E-state index < -0.39 is 0 Å². The molecule has 1 aliphatic heterocycles. The summed E-state index contributed by atoms with van der Waals surface area (Å²) >= 11 is 0. The molecule has 2 aromatic rings. The van der Waals surface area contributed by atoms with E-state index in [-0.39, 0.29) is 12.4 Å². The van der Waals surface area contributed by atoms with Crippen LogP contribution in [0.2, 0.25) is 0 Å². The topological polar surface area (TPSA) is 37.0 Å². The minimum Gasteiger partial charge on any atom is -0.497 e. The van der Waals surface area contributed by atoms with Crippen molar-refractivity contribution >= 4 is 23.3 Å². The summed E-state index contributed by atoms with van der Waals surface area (Å²) in [5, 5.41) is 4.87. The molecule has 1 aromatic heterocycles. The third-order valence-corrected chi connectivity index (χ3v) is 3.61. The maximum absolute atomic E-state index is 5.30. The first-order valence-electron chi connectivity index (χ1n) is 6.27. The van der Waals surface area contributed by atoms with Gasteiger partial charge in [-0.05, 0) is 43.1 Å². The first-order valence-corrected chi connectivity index (χ1v) is 6.27. The molecule has 3 nitrogen and oxygen atoms in total. The molecule has 4 heteroatoms. The molecular weight excluding hydrogens is 248 g/mol. The van der Waals surface area contributed by atoms with Crippen LogP contribution in [0.15, 0.2) is 24.4 Å². The van der Waals surface area contributed by atoms with Crippen molar-refractivity contribution < 1.29 is 4.74 Å². The van der Waals surface area contributed by atoms with Gasteiger partial charge in [0.15, 0.2) is 0 Å². The summed E-state index contributed by atoms with van der Waals surface area (Å²) in [6, 6.07) is 6.69. The molecule has 2 N–H and O–H groups in total. The number of ether oxygens (including phenoxy) is 1. The first kappa shape index (κ1) is 13.2. The summed E-state index contributed by atoms with van der Waals surface area (Å²) < 4.78 is 5.30. The van der Waals surface area contributed by atoms with Crippen molar-refractivity contribution in [2.24, 2.45) is 0 Å². The van der Waals surface area contributed by atoms with Crippen LogP contribution in [0, 0.1) is 0 Å². The highest BCUT2D eigenvalue weighted by atomic mass is 35.5. The second kappa shape index (κ2) is 5.63. The molecule has 1 atom stereocenters. The molecule has 2 heterocycles. The number of aromatic nitrogens is 1. The third kappa shape index (κ3) is 2.33. The molecular formula is C14H19ClN2O. The van der Waals surface area contributed by atoms with E-state index in [2.05, 4.69) is 28.6 Å². The van der Waals surface area contributed by atoms with Crippen LogP contribution in [0.3, 0.4) is 0 Å². The second-order valence-electron chi connectivity index (χ2n) is 4.66. The van der Waals surface area contributed by atoms with E-state index in [0.717, 1.165) is 12.3 Å². The lowest BCUT2D eigenvalue weighted by Crippen LogP contribution is -2.26. The maximum atomic E-state index is 5.30. The van der Waals surface area contributed by atoms with Gasteiger partial charge in [-0.25, -0.2) is 0 Å². The Morgan fingerprint density at radius 1 is 1.28 bits per heavy atom. The number of methoxy groups -OCH3 is 1. The van der Waals surface area contributed by atoms with Crippen molar-refractivity contribution in [1.82, 2.24) is 10.3 Å². The Morgan fingerprint density at radius 3 is 2.89 bits per heavy atom. The normalized spacial score (nSPS) is 19.5. The quantitative estimate of drug-likeness (QED) is 0.874. The van der Waals surface area contributed by atoms with E-state index in [0.29, 0.717) is 6.04 Å². The lowest BCUT2D eigenvalue weighted by Gasteiger charge is -2.23. The van der Waals surface area contributed by atoms with Gasteiger partial charge in [-0.1, -0.05) is 6.42 Å². The van der Waals surface area contributed by atoms with Crippen LogP contribution in [0.25, 0.3) is 10.9 Å². The van der Waals surface area contributed by atoms with E-state index in [1.54, 1.807) is 7.11 Å². The average molecular weight is 267 g/mol. The summed E-state index contributed by atoms with van der Waals surface area (Å²) in [6.45, 7) is 1.13. The maximum Gasteiger partial charge on any atom is 0.119 e. The summed E-state index contributed by atoms with van der Waals surface area (Å²) in [6.07, 6.45) is 5.97. The van der Waals surface area contributed by atoms with Gasteiger partial charge in [0.1, 0.15) is 5.75 Å². The summed E-state index contributed by atoms with van der Waals surface area (Å²) in [5.41, 5.74) is 2.56. The van der Waals surface area contributed by atoms with Gasteiger partial charge in [-0.2, -0.15) is 0 Å². The predicted octanol–water partition coefficient (Wildman–Crippen LogP) is 3.41. The molecule has 1 aromatic carbocycles. The van der Waals surface area contributed by atoms with Crippen molar-refractivity contribution in [3.05, 3.63) is 30.0 Å². The van der Waals surface area contributed by atoms with Crippen LogP contribution in [0.4, 0.5) is 0 Å². The van der Waals surface area contributed by atoms with Gasteiger partial charge >= 0.3 is 0 Å². The number of aromatic amines is 1. The van der Waals surface area contributed by atoms with E-state index in [1.165, 1.54) is 35.7 Å². The monoisotopic (exact) mass is 266 g/mol. The fourth-order valence-corrected chi connectivity index (χ4v) is 2.65. The zero-order valence-electron chi connectivity index (χ0n) is 10.5. The van der Waals surface area contributed by atoms with E-state index in [1.807, 2.05) is 6.07 Å². The highest BCUT2D eigenvalue weighted by Gasteiger charge is 2.18. The largest absolute Gasteiger partial charge is 0.497 e. The molecule has 0 bridgehead atoms. The Bertz CT molecular complexity index is 517. The van der Waals surface area contributed by atoms with E-state index >= 15 is 0 Å². The predicted molar refractivity (Wildman–Crippen MR) is 76.7 cm³/mol. The number of benzene rings is 1. The Morgan fingerprint density at radius 2 is 2.17 bits per heavy atom. The molecule has 1 aliphatic rings. The second-order valence-corrected chi connectivity index (χ2v) is 4.66. The zero-order chi connectivity index (χ0) is 11.7. The third-order valence-electron chi connectivity index (χ3n) is 3.61.